The van der Waals surface area contributed by atoms with Crippen molar-refractivity contribution in [2.75, 3.05) is 20.3 Å². The van der Waals surface area contributed by atoms with E-state index in [0.717, 1.165) is 37.0 Å². The Bertz CT molecular complexity index is 525. The van der Waals surface area contributed by atoms with Gasteiger partial charge >= 0.3 is 0 Å². The highest BCUT2D eigenvalue weighted by molar-refractivity contribution is 5.85. The van der Waals surface area contributed by atoms with Crippen LogP contribution in [0.3, 0.4) is 0 Å². The van der Waals surface area contributed by atoms with Gasteiger partial charge in [0.2, 0.25) is 5.91 Å². The zero-order valence-corrected chi connectivity index (χ0v) is 15.4. The molecule has 1 aromatic rings. The average Bonchev–Trinajstić information content (AvgIpc) is 3.06. The Morgan fingerprint density at radius 3 is 2.79 bits per heavy atom. The lowest BCUT2D eigenvalue weighted by Gasteiger charge is -2.18. The van der Waals surface area contributed by atoms with Crippen molar-refractivity contribution < 1.29 is 14.3 Å². The molecule has 0 aliphatic heterocycles. The fraction of sp³-hybridized carbons (Fsp3) is 0.611. The Morgan fingerprint density at radius 2 is 2.12 bits per heavy atom. The first-order valence-corrected chi connectivity index (χ1v) is 8.47. The smallest absolute Gasteiger partial charge is 0.223 e. The van der Waals surface area contributed by atoms with E-state index < -0.39 is 0 Å². The van der Waals surface area contributed by atoms with Gasteiger partial charge in [-0.25, -0.2) is 0 Å². The number of rotatable bonds is 8. The number of nitrogens with two attached hydrogens (primary N) is 1. The van der Waals surface area contributed by atoms with Crippen LogP contribution in [0.15, 0.2) is 18.2 Å². The minimum absolute atomic E-state index is 0. The van der Waals surface area contributed by atoms with Crippen LogP contribution in [0, 0.1) is 11.8 Å². The summed E-state index contributed by atoms with van der Waals surface area (Å²) in [5.74, 6) is 1.95. The molecule has 24 heavy (non-hydrogen) atoms. The molecule has 0 heterocycles. The van der Waals surface area contributed by atoms with Gasteiger partial charge in [0.05, 0.1) is 13.7 Å². The van der Waals surface area contributed by atoms with Gasteiger partial charge in [-0.3, -0.25) is 4.79 Å². The van der Waals surface area contributed by atoms with Gasteiger partial charge in [-0.2, -0.15) is 0 Å². The Labute approximate surface area is 150 Å². The topological polar surface area (TPSA) is 73.6 Å². The molecular formula is C18H29ClN2O3. The summed E-state index contributed by atoms with van der Waals surface area (Å²) in [4.78, 5) is 12.3. The number of amides is 1. The van der Waals surface area contributed by atoms with Gasteiger partial charge in [-0.15, -0.1) is 12.4 Å². The highest BCUT2D eigenvalue weighted by Crippen LogP contribution is 2.31. The number of carbonyl (C=O) groups is 1. The van der Waals surface area contributed by atoms with Crippen molar-refractivity contribution in [2.45, 2.75) is 39.2 Å². The number of methoxy groups -OCH3 is 1. The van der Waals surface area contributed by atoms with E-state index >= 15 is 0 Å². The first-order chi connectivity index (χ1) is 11.2. The lowest BCUT2D eigenvalue weighted by Crippen LogP contribution is -2.34. The highest BCUT2D eigenvalue weighted by Gasteiger charge is 2.31. The van der Waals surface area contributed by atoms with Crippen LogP contribution < -0.4 is 20.5 Å². The van der Waals surface area contributed by atoms with Crippen LogP contribution in [0.1, 0.15) is 38.2 Å². The average molecular weight is 357 g/mol. The molecule has 2 atom stereocenters. The Kier molecular flexibility index (Phi) is 8.93. The van der Waals surface area contributed by atoms with Crippen molar-refractivity contribution in [3.8, 4) is 11.5 Å². The molecule has 5 nitrogen and oxygen atoms in total. The van der Waals surface area contributed by atoms with Crippen LogP contribution in [0.25, 0.3) is 0 Å². The molecule has 0 saturated heterocycles. The van der Waals surface area contributed by atoms with Crippen molar-refractivity contribution in [2.24, 2.45) is 17.6 Å². The molecule has 1 aliphatic carbocycles. The summed E-state index contributed by atoms with van der Waals surface area (Å²) in [6, 6.07) is 5.78. The fourth-order valence-corrected chi connectivity index (χ4v) is 3.14. The zero-order valence-electron chi connectivity index (χ0n) is 14.5. The second kappa shape index (κ2) is 10.4. The van der Waals surface area contributed by atoms with Crippen LogP contribution in [-0.2, 0) is 11.3 Å². The van der Waals surface area contributed by atoms with Gasteiger partial charge in [-0.1, -0.05) is 19.4 Å². The molecule has 1 fully saturated rings. The minimum Gasteiger partial charge on any atom is -0.493 e. The maximum Gasteiger partial charge on any atom is 0.223 e. The molecule has 3 N–H and O–H groups in total. The van der Waals surface area contributed by atoms with Crippen LogP contribution in [0.2, 0.25) is 0 Å². The largest absolute Gasteiger partial charge is 0.493 e. The van der Waals surface area contributed by atoms with Crippen molar-refractivity contribution >= 4 is 18.3 Å². The summed E-state index contributed by atoms with van der Waals surface area (Å²) in [5.41, 5.74) is 6.75. The monoisotopic (exact) mass is 356 g/mol. The summed E-state index contributed by atoms with van der Waals surface area (Å²) >= 11 is 0. The third kappa shape index (κ3) is 5.28. The van der Waals surface area contributed by atoms with Crippen molar-refractivity contribution in [3.05, 3.63) is 23.8 Å². The molecule has 1 amide bonds. The van der Waals surface area contributed by atoms with Gasteiger partial charge in [0, 0.05) is 12.5 Å². The van der Waals surface area contributed by atoms with Crippen molar-refractivity contribution in [1.29, 1.82) is 0 Å². The lowest BCUT2D eigenvalue weighted by atomic mass is 9.95. The standard InChI is InChI=1S/C18H28N2O3.ClH/c1-3-9-23-16-8-7-13(10-17(16)22-2)12-20-18(21)15-6-4-5-14(15)11-19;/h7-8,10,14-15H,3-6,9,11-12,19H2,1-2H3,(H,20,21);1H/t14-,15-;/m1./s1. The predicted octanol–water partition coefficient (Wildman–Crippen LogP) is 2.90. The second-order valence-electron chi connectivity index (χ2n) is 6.08. The number of hydrogen-bond acceptors (Lipinski definition) is 4. The van der Waals surface area contributed by atoms with Crippen LogP contribution in [0.4, 0.5) is 0 Å². The first-order valence-electron chi connectivity index (χ1n) is 8.47. The molecule has 0 bridgehead atoms. The maximum atomic E-state index is 12.3. The van der Waals surface area contributed by atoms with E-state index in [1.165, 1.54) is 0 Å². The van der Waals surface area contributed by atoms with E-state index in [1.54, 1.807) is 7.11 Å². The van der Waals surface area contributed by atoms with Gasteiger partial charge in [0.15, 0.2) is 11.5 Å². The number of nitrogens with one attached hydrogen (secondary N) is 1. The third-order valence-electron chi connectivity index (χ3n) is 4.46. The summed E-state index contributed by atoms with van der Waals surface area (Å²) in [5, 5.41) is 3.03. The molecule has 1 saturated carbocycles. The summed E-state index contributed by atoms with van der Waals surface area (Å²) in [7, 11) is 1.63. The third-order valence-corrected chi connectivity index (χ3v) is 4.46. The molecule has 0 spiro atoms. The van der Waals surface area contributed by atoms with E-state index in [-0.39, 0.29) is 24.2 Å². The normalized spacial score (nSPS) is 19.5. The van der Waals surface area contributed by atoms with E-state index in [9.17, 15) is 4.79 Å². The Hall–Kier alpha value is -1.46. The molecule has 1 aliphatic rings. The zero-order chi connectivity index (χ0) is 16.7. The lowest BCUT2D eigenvalue weighted by molar-refractivity contribution is -0.126. The number of halogens is 1. The molecule has 6 heteroatoms. The first kappa shape index (κ1) is 20.6. The highest BCUT2D eigenvalue weighted by atomic mass is 35.5. The van der Waals surface area contributed by atoms with Gasteiger partial charge in [0.25, 0.3) is 0 Å². The molecule has 0 aromatic heterocycles. The molecule has 136 valence electrons. The number of ether oxygens (including phenoxy) is 2. The van der Waals surface area contributed by atoms with Crippen molar-refractivity contribution in [3.63, 3.8) is 0 Å². The molecule has 0 unspecified atom stereocenters. The van der Waals surface area contributed by atoms with Crippen LogP contribution in [-0.4, -0.2) is 26.2 Å². The minimum atomic E-state index is 0. The van der Waals surface area contributed by atoms with E-state index in [1.807, 2.05) is 18.2 Å². The van der Waals surface area contributed by atoms with Crippen LogP contribution >= 0.6 is 12.4 Å². The second-order valence-corrected chi connectivity index (χ2v) is 6.08. The maximum absolute atomic E-state index is 12.3. The van der Waals surface area contributed by atoms with Crippen LogP contribution in [0.5, 0.6) is 11.5 Å². The Morgan fingerprint density at radius 1 is 1.33 bits per heavy atom. The van der Waals surface area contributed by atoms with Gasteiger partial charge in [0.1, 0.15) is 0 Å². The number of hydrogen-bond donors (Lipinski definition) is 2. The molecule has 1 aromatic carbocycles. The summed E-state index contributed by atoms with van der Waals surface area (Å²) in [6.07, 6.45) is 4.05. The fourth-order valence-electron chi connectivity index (χ4n) is 3.14. The molecular weight excluding hydrogens is 328 g/mol. The number of benzene rings is 1. The Balaban J connectivity index is 0.00000288. The summed E-state index contributed by atoms with van der Waals surface area (Å²) in [6.45, 7) is 3.81. The predicted molar refractivity (Wildman–Crippen MR) is 97.8 cm³/mol. The number of carbonyl (C=O) groups excluding carboxylic acids is 1. The van der Waals surface area contributed by atoms with Crippen molar-refractivity contribution in [1.82, 2.24) is 5.32 Å². The SMILES string of the molecule is CCCOc1ccc(CNC(=O)[C@@H]2CCC[C@@H]2CN)cc1OC.Cl. The summed E-state index contributed by atoms with van der Waals surface area (Å²) < 4.78 is 11.0. The molecule has 0 radical (unpaired) electrons. The van der Waals surface area contributed by atoms with E-state index in [2.05, 4.69) is 12.2 Å². The quantitative estimate of drug-likeness (QED) is 0.751. The van der Waals surface area contributed by atoms with Gasteiger partial charge in [-0.05, 0) is 49.4 Å². The molecule has 2 rings (SSSR count). The van der Waals surface area contributed by atoms with Gasteiger partial charge < -0.3 is 20.5 Å². The van der Waals surface area contributed by atoms with E-state index in [0.29, 0.717) is 31.4 Å². The van der Waals surface area contributed by atoms with E-state index in [4.69, 9.17) is 15.2 Å².